The molecule has 4 nitrogen and oxygen atoms in total. The third kappa shape index (κ3) is 3.15. The van der Waals surface area contributed by atoms with E-state index in [2.05, 4.69) is 6.92 Å². The number of hydrogen-bond donors (Lipinski definition) is 0. The average Bonchev–Trinajstić information content (AvgIpc) is 2.42. The van der Waals surface area contributed by atoms with Crippen LogP contribution in [0.5, 0.6) is 11.5 Å². The Labute approximate surface area is 108 Å². The summed E-state index contributed by atoms with van der Waals surface area (Å²) < 4.78 is 15.3. The van der Waals surface area contributed by atoms with Crippen LogP contribution in [0.4, 0.5) is 0 Å². The summed E-state index contributed by atoms with van der Waals surface area (Å²) in [5.41, 5.74) is 1.46. The molecule has 0 aliphatic heterocycles. The summed E-state index contributed by atoms with van der Waals surface area (Å²) in [5.74, 6) is 0.888. The van der Waals surface area contributed by atoms with E-state index >= 15 is 0 Å². The van der Waals surface area contributed by atoms with Crippen LogP contribution in [0.1, 0.15) is 35.7 Å². The number of benzene rings is 1. The monoisotopic (exact) mass is 252 g/mol. The highest BCUT2D eigenvalue weighted by Crippen LogP contribution is 2.33. The Kier molecular flexibility index (Phi) is 5.49. The second-order valence-electron chi connectivity index (χ2n) is 3.97. The molecule has 0 atom stereocenters. The van der Waals surface area contributed by atoms with Gasteiger partial charge in [-0.15, -0.1) is 0 Å². The van der Waals surface area contributed by atoms with Crippen LogP contribution in [0.3, 0.4) is 0 Å². The van der Waals surface area contributed by atoms with Crippen molar-refractivity contribution in [1.29, 1.82) is 0 Å². The first-order valence-corrected chi connectivity index (χ1v) is 6.01. The van der Waals surface area contributed by atoms with Gasteiger partial charge in [-0.3, -0.25) is 0 Å². The first-order valence-electron chi connectivity index (χ1n) is 6.01. The number of aryl methyl sites for hydroxylation is 1. The van der Waals surface area contributed by atoms with Crippen molar-refractivity contribution in [3.63, 3.8) is 0 Å². The molecule has 0 saturated carbocycles. The second-order valence-corrected chi connectivity index (χ2v) is 3.97. The molecule has 4 heteroatoms. The van der Waals surface area contributed by atoms with Gasteiger partial charge in [0.25, 0.3) is 0 Å². The van der Waals surface area contributed by atoms with Crippen LogP contribution in [0.15, 0.2) is 12.1 Å². The van der Waals surface area contributed by atoms with Crippen LogP contribution < -0.4 is 9.47 Å². The van der Waals surface area contributed by atoms with Crippen molar-refractivity contribution >= 4 is 5.97 Å². The number of unbranched alkanes of at least 4 members (excludes halogenated alkanes) is 1. The first-order chi connectivity index (χ1) is 8.67. The van der Waals surface area contributed by atoms with Gasteiger partial charge < -0.3 is 14.2 Å². The Morgan fingerprint density at radius 1 is 1.17 bits per heavy atom. The lowest BCUT2D eigenvalue weighted by Crippen LogP contribution is -2.05. The average molecular weight is 252 g/mol. The van der Waals surface area contributed by atoms with E-state index in [4.69, 9.17) is 14.2 Å². The van der Waals surface area contributed by atoms with Crippen molar-refractivity contribution in [3.05, 3.63) is 23.3 Å². The highest BCUT2D eigenvalue weighted by atomic mass is 16.5. The highest BCUT2D eigenvalue weighted by Gasteiger charge is 2.16. The molecule has 0 bridgehead atoms. The van der Waals surface area contributed by atoms with E-state index < -0.39 is 0 Å². The van der Waals surface area contributed by atoms with Gasteiger partial charge in [-0.25, -0.2) is 4.79 Å². The van der Waals surface area contributed by atoms with E-state index in [0.717, 1.165) is 24.8 Å². The largest absolute Gasteiger partial charge is 0.493 e. The zero-order valence-corrected chi connectivity index (χ0v) is 11.4. The van der Waals surface area contributed by atoms with Gasteiger partial charge >= 0.3 is 5.97 Å². The lowest BCUT2D eigenvalue weighted by Gasteiger charge is -2.14. The molecule has 0 aromatic heterocycles. The van der Waals surface area contributed by atoms with Gasteiger partial charge in [0.15, 0.2) is 11.5 Å². The topological polar surface area (TPSA) is 44.8 Å². The second kappa shape index (κ2) is 6.89. The fourth-order valence-corrected chi connectivity index (χ4v) is 1.83. The Bertz CT molecular complexity index is 413. The number of hydrogen-bond acceptors (Lipinski definition) is 4. The number of carbonyl (C=O) groups excluding carboxylic acids is 1. The fourth-order valence-electron chi connectivity index (χ4n) is 1.83. The SMILES string of the molecule is CCCCc1cc(C(=O)OC)cc(OC)c1OC. The molecule has 0 radical (unpaired) electrons. The summed E-state index contributed by atoms with van der Waals surface area (Å²) >= 11 is 0. The predicted molar refractivity (Wildman–Crippen MR) is 69.5 cm³/mol. The smallest absolute Gasteiger partial charge is 0.337 e. The summed E-state index contributed by atoms with van der Waals surface area (Å²) in [6.07, 6.45) is 2.96. The molecule has 1 aromatic carbocycles. The summed E-state index contributed by atoms with van der Waals surface area (Å²) in [7, 11) is 4.53. The van der Waals surface area contributed by atoms with Crippen LogP contribution >= 0.6 is 0 Å². The summed E-state index contributed by atoms with van der Waals surface area (Å²) in [6, 6.07) is 3.45. The molecule has 0 spiro atoms. The fraction of sp³-hybridized carbons (Fsp3) is 0.500. The molecule has 0 aliphatic carbocycles. The maximum atomic E-state index is 11.6. The standard InChI is InChI=1S/C14H20O4/c1-5-6-7-10-8-11(14(15)18-4)9-12(16-2)13(10)17-3/h8-9H,5-7H2,1-4H3. The molecule has 0 heterocycles. The Morgan fingerprint density at radius 2 is 1.89 bits per heavy atom. The predicted octanol–water partition coefficient (Wildman–Crippen LogP) is 2.83. The van der Waals surface area contributed by atoms with E-state index in [1.165, 1.54) is 7.11 Å². The van der Waals surface area contributed by atoms with Crippen LogP contribution in [0.2, 0.25) is 0 Å². The number of carbonyl (C=O) groups is 1. The van der Waals surface area contributed by atoms with Gasteiger partial charge in [0, 0.05) is 0 Å². The maximum absolute atomic E-state index is 11.6. The molecule has 0 unspecified atom stereocenters. The highest BCUT2D eigenvalue weighted by molar-refractivity contribution is 5.90. The minimum absolute atomic E-state index is 0.367. The molecular weight excluding hydrogens is 232 g/mol. The summed E-state index contributed by atoms with van der Waals surface area (Å²) in [5, 5.41) is 0. The molecule has 1 aromatic rings. The zero-order chi connectivity index (χ0) is 13.5. The van der Waals surface area contributed by atoms with Crippen molar-refractivity contribution in [1.82, 2.24) is 0 Å². The van der Waals surface area contributed by atoms with Crippen molar-refractivity contribution in [3.8, 4) is 11.5 Å². The third-order valence-electron chi connectivity index (χ3n) is 2.78. The summed E-state index contributed by atoms with van der Waals surface area (Å²) in [4.78, 5) is 11.6. The molecule has 0 N–H and O–H groups in total. The number of rotatable bonds is 6. The van der Waals surface area contributed by atoms with Gasteiger partial charge in [-0.1, -0.05) is 13.3 Å². The normalized spacial score (nSPS) is 10.0. The summed E-state index contributed by atoms with van der Waals surface area (Å²) in [6.45, 7) is 2.12. The molecular formula is C14H20O4. The first kappa shape index (κ1) is 14.4. The number of esters is 1. The molecule has 0 fully saturated rings. The molecule has 18 heavy (non-hydrogen) atoms. The van der Waals surface area contributed by atoms with Gasteiger partial charge in [0.1, 0.15) is 0 Å². The number of methoxy groups -OCH3 is 3. The van der Waals surface area contributed by atoms with Gasteiger partial charge in [-0.05, 0) is 30.5 Å². The third-order valence-corrected chi connectivity index (χ3v) is 2.78. The quantitative estimate of drug-likeness (QED) is 0.730. The van der Waals surface area contributed by atoms with Crippen LogP contribution in [-0.2, 0) is 11.2 Å². The van der Waals surface area contributed by atoms with E-state index in [0.29, 0.717) is 17.1 Å². The van der Waals surface area contributed by atoms with E-state index in [9.17, 15) is 4.79 Å². The van der Waals surface area contributed by atoms with Gasteiger partial charge in [-0.2, -0.15) is 0 Å². The Balaban J connectivity index is 3.21. The van der Waals surface area contributed by atoms with E-state index in [1.54, 1.807) is 20.3 Å². The van der Waals surface area contributed by atoms with Crippen LogP contribution in [-0.4, -0.2) is 27.3 Å². The zero-order valence-electron chi connectivity index (χ0n) is 11.4. The molecule has 1 rings (SSSR count). The van der Waals surface area contributed by atoms with Crippen molar-refractivity contribution in [2.45, 2.75) is 26.2 Å². The minimum Gasteiger partial charge on any atom is -0.493 e. The Morgan fingerprint density at radius 3 is 2.39 bits per heavy atom. The lowest BCUT2D eigenvalue weighted by molar-refractivity contribution is 0.0600. The minimum atomic E-state index is -0.367. The van der Waals surface area contributed by atoms with Gasteiger partial charge in [0.05, 0.1) is 26.9 Å². The van der Waals surface area contributed by atoms with E-state index in [1.807, 2.05) is 6.07 Å². The van der Waals surface area contributed by atoms with Crippen molar-refractivity contribution in [2.24, 2.45) is 0 Å². The van der Waals surface area contributed by atoms with Crippen molar-refractivity contribution in [2.75, 3.05) is 21.3 Å². The molecule has 100 valence electrons. The van der Waals surface area contributed by atoms with Gasteiger partial charge in [0.2, 0.25) is 0 Å². The van der Waals surface area contributed by atoms with Crippen LogP contribution in [0, 0.1) is 0 Å². The lowest BCUT2D eigenvalue weighted by atomic mass is 10.0. The molecule has 0 saturated heterocycles. The maximum Gasteiger partial charge on any atom is 0.337 e. The van der Waals surface area contributed by atoms with Crippen LogP contribution in [0.25, 0.3) is 0 Å². The Hall–Kier alpha value is -1.71. The molecule has 0 aliphatic rings. The van der Waals surface area contributed by atoms with E-state index in [-0.39, 0.29) is 5.97 Å². The molecule has 0 amide bonds. The van der Waals surface area contributed by atoms with Crippen molar-refractivity contribution < 1.29 is 19.0 Å². The number of ether oxygens (including phenoxy) is 3.